The molecule has 4 rings (SSSR count). The molecule has 5 nitrogen and oxygen atoms in total. The molecule has 1 aromatic heterocycles. The van der Waals surface area contributed by atoms with Crippen LogP contribution in [-0.4, -0.2) is 22.4 Å². The molecule has 0 amide bonds. The summed E-state index contributed by atoms with van der Waals surface area (Å²) < 4.78 is 19.3. The molecule has 0 spiro atoms. The van der Waals surface area contributed by atoms with E-state index in [4.69, 9.17) is 9.88 Å². The Labute approximate surface area is 149 Å². The molecule has 0 saturated heterocycles. The minimum absolute atomic E-state index is 0.655. The standard InChI is InChI=1S/C19H21N3O2S/c1-24-14-7-8-17-16(11-14)19-18(6-3-9-21-19)22(17)12-13-4-2-5-15(10-13)25(20)23/h2,4-5,7-8,10-11,21H,3,6,9,12,20H2,1H3. The van der Waals surface area contributed by atoms with Crippen LogP contribution in [0, 0.1) is 0 Å². The average Bonchev–Trinajstić information content (AvgIpc) is 2.95. The van der Waals surface area contributed by atoms with Crippen LogP contribution in [0.1, 0.15) is 17.7 Å². The molecule has 25 heavy (non-hydrogen) atoms. The van der Waals surface area contributed by atoms with Crippen molar-refractivity contribution in [1.82, 2.24) is 4.57 Å². The summed E-state index contributed by atoms with van der Waals surface area (Å²) in [4.78, 5) is 0.655. The molecular weight excluding hydrogens is 334 g/mol. The lowest BCUT2D eigenvalue weighted by Crippen LogP contribution is -2.14. The largest absolute Gasteiger partial charge is 0.497 e. The number of nitrogens with zero attached hydrogens (tertiary/aromatic N) is 1. The molecule has 0 fully saturated rings. The molecule has 130 valence electrons. The van der Waals surface area contributed by atoms with E-state index in [1.807, 2.05) is 24.3 Å². The van der Waals surface area contributed by atoms with Crippen molar-refractivity contribution in [2.24, 2.45) is 5.14 Å². The number of anilines is 1. The summed E-state index contributed by atoms with van der Waals surface area (Å²) in [6, 6.07) is 13.9. The molecule has 0 bridgehead atoms. The third kappa shape index (κ3) is 2.92. The maximum atomic E-state index is 11.6. The van der Waals surface area contributed by atoms with Crippen LogP contribution < -0.4 is 15.2 Å². The second-order valence-corrected chi connectivity index (χ2v) is 7.33. The van der Waals surface area contributed by atoms with Gasteiger partial charge in [0.1, 0.15) is 16.7 Å². The summed E-state index contributed by atoms with van der Waals surface area (Å²) in [6.07, 6.45) is 2.16. The van der Waals surface area contributed by atoms with Gasteiger partial charge in [-0.15, -0.1) is 0 Å². The Morgan fingerprint density at radius 2 is 2.16 bits per heavy atom. The lowest BCUT2D eigenvalue weighted by atomic mass is 10.1. The maximum Gasteiger partial charge on any atom is 0.122 e. The maximum absolute atomic E-state index is 11.6. The zero-order valence-corrected chi connectivity index (χ0v) is 14.9. The fourth-order valence-corrected chi connectivity index (χ4v) is 4.05. The number of hydrogen-bond donors (Lipinski definition) is 2. The lowest BCUT2D eigenvalue weighted by molar-refractivity contribution is 0.415. The van der Waals surface area contributed by atoms with Gasteiger partial charge in [0.25, 0.3) is 0 Å². The monoisotopic (exact) mass is 355 g/mol. The zero-order chi connectivity index (χ0) is 17.4. The molecule has 1 aliphatic heterocycles. The topological polar surface area (TPSA) is 69.3 Å². The second-order valence-electron chi connectivity index (χ2n) is 6.27. The summed E-state index contributed by atoms with van der Waals surface area (Å²) in [5, 5.41) is 10.3. The molecule has 1 atom stereocenters. The number of aromatic nitrogens is 1. The summed E-state index contributed by atoms with van der Waals surface area (Å²) in [5.74, 6) is 0.861. The number of benzene rings is 2. The molecule has 6 heteroatoms. The fraction of sp³-hybridized carbons (Fsp3) is 0.263. The molecule has 0 aliphatic carbocycles. The van der Waals surface area contributed by atoms with E-state index in [9.17, 15) is 4.21 Å². The van der Waals surface area contributed by atoms with Gasteiger partial charge < -0.3 is 14.6 Å². The van der Waals surface area contributed by atoms with Gasteiger partial charge in [-0.1, -0.05) is 12.1 Å². The first-order valence-electron chi connectivity index (χ1n) is 8.35. The fourth-order valence-electron chi connectivity index (χ4n) is 3.57. The van der Waals surface area contributed by atoms with E-state index in [0.29, 0.717) is 4.90 Å². The van der Waals surface area contributed by atoms with Crippen molar-refractivity contribution in [2.45, 2.75) is 24.3 Å². The molecular formula is C19H21N3O2S. The molecule has 3 N–H and O–H groups in total. The number of ether oxygens (including phenoxy) is 1. The third-order valence-electron chi connectivity index (χ3n) is 4.74. The Kier molecular flexibility index (Phi) is 4.23. The normalized spacial score (nSPS) is 14.8. The van der Waals surface area contributed by atoms with Crippen LogP contribution in [0.2, 0.25) is 0 Å². The van der Waals surface area contributed by atoms with E-state index in [2.05, 4.69) is 22.0 Å². The van der Waals surface area contributed by atoms with Gasteiger partial charge in [-0.25, -0.2) is 9.35 Å². The number of hydrogen-bond acceptors (Lipinski definition) is 3. The Hall–Kier alpha value is -2.31. The quantitative estimate of drug-likeness (QED) is 0.756. The molecule has 3 aromatic rings. The molecule has 2 heterocycles. The number of rotatable bonds is 4. The first kappa shape index (κ1) is 16.2. The van der Waals surface area contributed by atoms with Crippen LogP contribution in [0.25, 0.3) is 10.9 Å². The van der Waals surface area contributed by atoms with Gasteiger partial charge in [0.2, 0.25) is 0 Å². The lowest BCUT2D eigenvalue weighted by Gasteiger charge is -2.18. The predicted octanol–water partition coefficient (Wildman–Crippen LogP) is 3.04. The van der Waals surface area contributed by atoms with Crippen LogP contribution >= 0.6 is 0 Å². The minimum atomic E-state index is -1.46. The third-order valence-corrected chi connectivity index (χ3v) is 5.46. The highest BCUT2D eigenvalue weighted by Crippen LogP contribution is 2.36. The van der Waals surface area contributed by atoms with E-state index in [1.165, 1.54) is 22.3 Å². The van der Waals surface area contributed by atoms with Crippen molar-refractivity contribution in [3.05, 3.63) is 53.7 Å². The van der Waals surface area contributed by atoms with Gasteiger partial charge in [0.15, 0.2) is 0 Å². The number of methoxy groups -OCH3 is 1. The van der Waals surface area contributed by atoms with Crippen LogP contribution in [0.4, 0.5) is 5.69 Å². The Bertz CT molecular complexity index is 965. The van der Waals surface area contributed by atoms with E-state index >= 15 is 0 Å². The van der Waals surface area contributed by atoms with Gasteiger partial charge >= 0.3 is 0 Å². The SMILES string of the molecule is COc1ccc2c(c1)c1c(n2Cc2cccc(S(N)=O)c2)CCCN1. The summed E-state index contributed by atoms with van der Waals surface area (Å²) >= 11 is 0. The van der Waals surface area contributed by atoms with Crippen LogP contribution in [0.3, 0.4) is 0 Å². The van der Waals surface area contributed by atoms with Gasteiger partial charge in [-0.05, 0) is 48.7 Å². The Morgan fingerprint density at radius 3 is 2.96 bits per heavy atom. The van der Waals surface area contributed by atoms with E-state index in [1.54, 1.807) is 13.2 Å². The Morgan fingerprint density at radius 1 is 1.28 bits per heavy atom. The highest BCUT2D eigenvalue weighted by molar-refractivity contribution is 7.82. The summed E-state index contributed by atoms with van der Waals surface area (Å²) in [6.45, 7) is 1.72. The van der Waals surface area contributed by atoms with Crippen molar-refractivity contribution < 1.29 is 8.95 Å². The van der Waals surface area contributed by atoms with Gasteiger partial charge in [-0.2, -0.15) is 0 Å². The average molecular weight is 355 g/mol. The number of fused-ring (bicyclic) bond motifs is 3. The van der Waals surface area contributed by atoms with Crippen molar-refractivity contribution >= 4 is 27.6 Å². The highest BCUT2D eigenvalue weighted by Gasteiger charge is 2.20. The smallest absolute Gasteiger partial charge is 0.122 e. The highest BCUT2D eigenvalue weighted by atomic mass is 32.2. The van der Waals surface area contributed by atoms with Crippen molar-refractivity contribution in [2.75, 3.05) is 19.0 Å². The predicted molar refractivity (Wildman–Crippen MR) is 101 cm³/mol. The van der Waals surface area contributed by atoms with Crippen molar-refractivity contribution in [3.8, 4) is 5.75 Å². The molecule has 0 radical (unpaired) electrons. The second kappa shape index (κ2) is 6.54. The number of nitrogens with one attached hydrogen (secondary N) is 1. The minimum Gasteiger partial charge on any atom is -0.497 e. The van der Waals surface area contributed by atoms with Gasteiger partial charge in [0.05, 0.1) is 23.2 Å². The van der Waals surface area contributed by atoms with Crippen molar-refractivity contribution in [3.63, 3.8) is 0 Å². The molecule has 0 saturated carbocycles. The first-order valence-corrected chi connectivity index (χ1v) is 9.57. The van der Waals surface area contributed by atoms with E-state index < -0.39 is 11.0 Å². The zero-order valence-electron chi connectivity index (χ0n) is 14.1. The van der Waals surface area contributed by atoms with Gasteiger partial charge in [0, 0.05) is 24.2 Å². The molecule has 1 aliphatic rings. The van der Waals surface area contributed by atoms with E-state index in [-0.39, 0.29) is 0 Å². The summed E-state index contributed by atoms with van der Waals surface area (Å²) in [5.41, 5.74) is 4.80. The first-order chi connectivity index (χ1) is 12.2. The Balaban J connectivity index is 1.84. The summed E-state index contributed by atoms with van der Waals surface area (Å²) in [7, 11) is 0.232. The van der Waals surface area contributed by atoms with Crippen LogP contribution in [0.15, 0.2) is 47.4 Å². The van der Waals surface area contributed by atoms with Crippen molar-refractivity contribution in [1.29, 1.82) is 0 Å². The molecule has 1 unspecified atom stereocenters. The van der Waals surface area contributed by atoms with E-state index in [0.717, 1.165) is 37.2 Å². The number of nitrogens with two attached hydrogens (primary N) is 1. The molecule has 2 aromatic carbocycles. The van der Waals surface area contributed by atoms with Gasteiger partial charge in [-0.3, -0.25) is 0 Å². The van der Waals surface area contributed by atoms with Crippen LogP contribution in [-0.2, 0) is 24.0 Å². The van der Waals surface area contributed by atoms with Crippen LogP contribution in [0.5, 0.6) is 5.75 Å².